The third-order valence-corrected chi connectivity index (χ3v) is 2.20. The number of carbonyl (C=O) groups is 1. The van der Waals surface area contributed by atoms with Gasteiger partial charge < -0.3 is 5.32 Å². The second-order valence-electron chi connectivity index (χ2n) is 3.11. The topological polar surface area (TPSA) is 29.1 Å². The van der Waals surface area contributed by atoms with Crippen molar-refractivity contribution in [1.82, 2.24) is 0 Å². The first-order valence-electron chi connectivity index (χ1n) is 4.17. The van der Waals surface area contributed by atoms with E-state index in [0.29, 0.717) is 0 Å². The largest absolute Gasteiger partial charge is 0.381 e. The number of rotatable bonds is 0. The fourth-order valence-corrected chi connectivity index (χ4v) is 1.49. The number of hydrogen-bond donors (Lipinski definition) is 1. The van der Waals surface area contributed by atoms with Crippen LogP contribution >= 0.6 is 0 Å². The van der Waals surface area contributed by atoms with E-state index in [9.17, 15) is 22.4 Å². The minimum Gasteiger partial charge on any atom is -0.381 e. The molecule has 0 aromatic heterocycles. The summed E-state index contributed by atoms with van der Waals surface area (Å²) in [5, 5.41) is 2.33. The summed E-state index contributed by atoms with van der Waals surface area (Å²) in [5.74, 6) is -7.80. The Morgan fingerprint density at radius 1 is 0.933 bits per heavy atom. The number of benzene rings is 1. The highest BCUT2D eigenvalue weighted by Crippen LogP contribution is 2.31. The van der Waals surface area contributed by atoms with Crippen molar-refractivity contribution in [3.63, 3.8) is 0 Å². The molecule has 0 bridgehead atoms. The highest BCUT2D eigenvalue weighted by atomic mass is 19.2. The van der Waals surface area contributed by atoms with Crippen molar-refractivity contribution in [3.05, 3.63) is 28.8 Å². The van der Waals surface area contributed by atoms with Crippen molar-refractivity contribution in [1.29, 1.82) is 0 Å². The molecule has 0 saturated heterocycles. The zero-order valence-electron chi connectivity index (χ0n) is 7.33. The van der Waals surface area contributed by atoms with Gasteiger partial charge in [0, 0.05) is 13.0 Å². The zero-order valence-corrected chi connectivity index (χ0v) is 7.33. The van der Waals surface area contributed by atoms with E-state index in [1.54, 1.807) is 0 Å². The smallest absolute Gasteiger partial charge is 0.199 e. The van der Waals surface area contributed by atoms with E-state index in [1.807, 2.05) is 0 Å². The van der Waals surface area contributed by atoms with Gasteiger partial charge in [0.15, 0.2) is 29.1 Å². The zero-order chi connectivity index (χ0) is 11.2. The summed E-state index contributed by atoms with van der Waals surface area (Å²) in [6, 6.07) is 0. The summed E-state index contributed by atoms with van der Waals surface area (Å²) in [4.78, 5) is 11.2. The predicted octanol–water partition coefficient (Wildman–Crippen LogP) is 2.24. The third-order valence-electron chi connectivity index (χ3n) is 2.20. The Bertz CT molecular complexity index is 458. The van der Waals surface area contributed by atoms with Crippen LogP contribution in [0.4, 0.5) is 23.2 Å². The van der Waals surface area contributed by atoms with Crippen molar-refractivity contribution < 1.29 is 22.4 Å². The molecule has 0 aliphatic carbocycles. The predicted molar refractivity (Wildman–Crippen MR) is 43.7 cm³/mol. The van der Waals surface area contributed by atoms with Crippen molar-refractivity contribution >= 4 is 11.5 Å². The van der Waals surface area contributed by atoms with E-state index in [2.05, 4.69) is 5.32 Å². The molecule has 1 aliphatic heterocycles. The SMILES string of the molecule is O=C1CCNc2c(F)c(F)c(F)c(F)c21. The van der Waals surface area contributed by atoms with E-state index in [1.165, 1.54) is 0 Å². The van der Waals surface area contributed by atoms with Gasteiger partial charge in [-0.25, -0.2) is 17.6 Å². The second-order valence-corrected chi connectivity index (χ2v) is 3.11. The number of nitrogens with one attached hydrogen (secondary N) is 1. The van der Waals surface area contributed by atoms with E-state index in [-0.39, 0.29) is 13.0 Å². The Morgan fingerprint density at radius 3 is 2.20 bits per heavy atom. The number of halogens is 4. The van der Waals surface area contributed by atoms with Gasteiger partial charge in [0.05, 0.1) is 11.3 Å². The van der Waals surface area contributed by atoms with E-state index in [4.69, 9.17) is 0 Å². The van der Waals surface area contributed by atoms with Crippen LogP contribution in [-0.4, -0.2) is 12.3 Å². The molecule has 0 spiro atoms. The number of hydrogen-bond acceptors (Lipinski definition) is 2. The lowest BCUT2D eigenvalue weighted by Gasteiger charge is -2.18. The highest BCUT2D eigenvalue weighted by Gasteiger charge is 2.30. The van der Waals surface area contributed by atoms with Crippen LogP contribution < -0.4 is 5.32 Å². The van der Waals surface area contributed by atoms with Gasteiger partial charge in [-0.1, -0.05) is 0 Å². The van der Waals surface area contributed by atoms with Crippen LogP contribution in [0.1, 0.15) is 16.8 Å². The van der Waals surface area contributed by atoms with Crippen molar-refractivity contribution in [3.8, 4) is 0 Å². The normalized spacial score (nSPS) is 14.8. The summed E-state index contributed by atoms with van der Waals surface area (Å²) in [6.07, 6.45) is -0.0750. The van der Waals surface area contributed by atoms with Crippen LogP contribution in [-0.2, 0) is 0 Å². The maximum atomic E-state index is 13.1. The van der Waals surface area contributed by atoms with Crippen molar-refractivity contribution in [2.75, 3.05) is 11.9 Å². The molecule has 6 heteroatoms. The lowest BCUT2D eigenvalue weighted by Crippen LogP contribution is -2.22. The lowest BCUT2D eigenvalue weighted by atomic mass is 10.0. The molecule has 1 aromatic rings. The second kappa shape index (κ2) is 3.22. The Balaban J connectivity index is 2.80. The van der Waals surface area contributed by atoms with Crippen LogP contribution in [0.5, 0.6) is 0 Å². The molecule has 80 valence electrons. The molecule has 0 atom stereocenters. The van der Waals surface area contributed by atoms with Crippen LogP contribution in [0.2, 0.25) is 0 Å². The van der Waals surface area contributed by atoms with Gasteiger partial charge in [-0.05, 0) is 0 Å². The van der Waals surface area contributed by atoms with Gasteiger partial charge in [-0.3, -0.25) is 4.79 Å². The Morgan fingerprint density at radius 2 is 1.53 bits per heavy atom. The van der Waals surface area contributed by atoms with Gasteiger partial charge in [0.25, 0.3) is 0 Å². The minimum absolute atomic E-state index is 0.0750. The Hall–Kier alpha value is -1.59. The van der Waals surface area contributed by atoms with Crippen molar-refractivity contribution in [2.24, 2.45) is 0 Å². The molecule has 15 heavy (non-hydrogen) atoms. The molecule has 0 amide bonds. The standard InChI is InChI=1S/C9H5F4NO/c10-5-4-3(15)1-2-14-9(4)8(13)7(12)6(5)11/h14H,1-2H2. The summed E-state index contributed by atoms with van der Waals surface area (Å²) < 4.78 is 51.8. The summed E-state index contributed by atoms with van der Waals surface area (Å²) in [6.45, 7) is 0.0767. The first-order valence-corrected chi connectivity index (χ1v) is 4.17. The average molecular weight is 219 g/mol. The number of fused-ring (bicyclic) bond motifs is 1. The first kappa shape index (κ1) is 9.95. The molecule has 2 rings (SSSR count). The van der Waals surface area contributed by atoms with Gasteiger partial charge in [-0.15, -0.1) is 0 Å². The monoisotopic (exact) mass is 219 g/mol. The molecule has 1 aliphatic rings. The summed E-state index contributed by atoms with van der Waals surface area (Å²) in [5.41, 5.74) is -1.33. The Kier molecular flexibility index (Phi) is 2.13. The third kappa shape index (κ3) is 1.28. The molecule has 0 fully saturated rings. The summed E-state index contributed by atoms with van der Waals surface area (Å²) in [7, 11) is 0. The number of Topliss-reactive ketones (excluding diaryl/α,β-unsaturated/α-hetero) is 1. The van der Waals surface area contributed by atoms with Crippen LogP contribution in [0.3, 0.4) is 0 Å². The number of anilines is 1. The van der Waals surface area contributed by atoms with Gasteiger partial charge in [0.2, 0.25) is 0 Å². The maximum absolute atomic E-state index is 13.1. The molecular weight excluding hydrogens is 214 g/mol. The first-order chi connectivity index (χ1) is 7.04. The fraction of sp³-hybridized carbons (Fsp3) is 0.222. The number of carbonyl (C=O) groups excluding carboxylic acids is 1. The van der Waals surface area contributed by atoms with E-state index < -0.39 is 40.3 Å². The fourth-order valence-electron chi connectivity index (χ4n) is 1.49. The van der Waals surface area contributed by atoms with E-state index >= 15 is 0 Å². The summed E-state index contributed by atoms with van der Waals surface area (Å²) >= 11 is 0. The highest BCUT2D eigenvalue weighted by molar-refractivity contribution is 6.03. The van der Waals surface area contributed by atoms with Crippen molar-refractivity contribution in [2.45, 2.75) is 6.42 Å². The van der Waals surface area contributed by atoms with Crippen LogP contribution in [0.25, 0.3) is 0 Å². The molecule has 1 N–H and O–H groups in total. The van der Waals surface area contributed by atoms with Gasteiger partial charge in [-0.2, -0.15) is 0 Å². The minimum atomic E-state index is -1.96. The quantitative estimate of drug-likeness (QED) is 0.412. The molecular formula is C9H5F4NO. The number of ketones is 1. The molecule has 1 aromatic carbocycles. The maximum Gasteiger partial charge on any atom is 0.199 e. The lowest BCUT2D eigenvalue weighted by molar-refractivity contribution is 0.0977. The van der Waals surface area contributed by atoms with Gasteiger partial charge >= 0.3 is 0 Å². The molecule has 0 saturated carbocycles. The van der Waals surface area contributed by atoms with Crippen LogP contribution in [0, 0.1) is 23.3 Å². The van der Waals surface area contributed by atoms with Crippen LogP contribution in [0.15, 0.2) is 0 Å². The average Bonchev–Trinajstić information content (AvgIpc) is 2.23. The molecule has 0 radical (unpaired) electrons. The van der Waals surface area contributed by atoms with E-state index in [0.717, 1.165) is 0 Å². The van der Waals surface area contributed by atoms with Gasteiger partial charge in [0.1, 0.15) is 0 Å². The molecule has 0 unspecified atom stereocenters. The molecule has 2 nitrogen and oxygen atoms in total. The Labute approximate surface area is 81.9 Å². The molecule has 1 heterocycles.